The smallest absolute Gasteiger partial charge is 0.241 e. The predicted octanol–water partition coefficient (Wildman–Crippen LogP) is 1.03. The Hall–Kier alpha value is -0.660. The third-order valence-corrected chi connectivity index (χ3v) is 3.29. The maximum Gasteiger partial charge on any atom is 0.241 e. The standard InChI is InChI=1S/C8H9BrN2O3S/c9-8-3-7(15(10,12)13)6(4-11-8)14-5-1-2-5/h3-5H,1-2H2,(H2,10,12,13). The topological polar surface area (TPSA) is 82.3 Å². The van der Waals surface area contributed by atoms with Crippen molar-refractivity contribution in [2.75, 3.05) is 0 Å². The molecule has 1 aliphatic carbocycles. The first-order valence-corrected chi connectivity index (χ1v) is 6.66. The molecule has 0 atom stereocenters. The van der Waals surface area contributed by atoms with Crippen LogP contribution in [0.1, 0.15) is 12.8 Å². The Labute approximate surface area is 95.8 Å². The molecule has 15 heavy (non-hydrogen) atoms. The van der Waals surface area contributed by atoms with E-state index < -0.39 is 10.0 Å². The third kappa shape index (κ3) is 2.67. The second-order valence-electron chi connectivity index (χ2n) is 3.32. The number of nitrogens with two attached hydrogens (primary N) is 1. The van der Waals surface area contributed by atoms with Crippen molar-refractivity contribution in [2.45, 2.75) is 23.8 Å². The number of rotatable bonds is 3. The van der Waals surface area contributed by atoms with Gasteiger partial charge >= 0.3 is 0 Å². The molecule has 0 radical (unpaired) electrons. The molecule has 0 unspecified atom stereocenters. The van der Waals surface area contributed by atoms with Crippen molar-refractivity contribution in [1.82, 2.24) is 4.98 Å². The van der Waals surface area contributed by atoms with Crippen LogP contribution in [0.4, 0.5) is 0 Å². The number of ether oxygens (including phenoxy) is 1. The molecule has 1 fully saturated rings. The zero-order valence-electron chi connectivity index (χ0n) is 7.68. The van der Waals surface area contributed by atoms with E-state index in [1.54, 1.807) is 0 Å². The fraction of sp³-hybridized carbons (Fsp3) is 0.375. The quantitative estimate of drug-likeness (QED) is 0.844. The van der Waals surface area contributed by atoms with Crippen LogP contribution in [-0.4, -0.2) is 19.5 Å². The van der Waals surface area contributed by atoms with Gasteiger partial charge in [-0.1, -0.05) is 0 Å². The Morgan fingerprint density at radius 1 is 1.53 bits per heavy atom. The highest BCUT2D eigenvalue weighted by molar-refractivity contribution is 9.10. The SMILES string of the molecule is NS(=O)(=O)c1cc(Br)ncc1OC1CC1. The van der Waals surface area contributed by atoms with E-state index in [9.17, 15) is 8.42 Å². The van der Waals surface area contributed by atoms with Gasteiger partial charge in [-0.05, 0) is 34.8 Å². The molecule has 0 spiro atoms. The van der Waals surface area contributed by atoms with Gasteiger partial charge in [-0.25, -0.2) is 18.5 Å². The number of primary sulfonamides is 1. The molecule has 82 valence electrons. The summed E-state index contributed by atoms with van der Waals surface area (Å²) in [5, 5.41) is 5.07. The molecule has 2 N–H and O–H groups in total. The van der Waals surface area contributed by atoms with Crippen LogP contribution in [0, 0.1) is 0 Å². The van der Waals surface area contributed by atoms with Crippen LogP contribution in [0.2, 0.25) is 0 Å². The zero-order valence-corrected chi connectivity index (χ0v) is 10.1. The maximum absolute atomic E-state index is 11.3. The lowest BCUT2D eigenvalue weighted by atomic mass is 10.4. The Balaban J connectivity index is 2.43. The van der Waals surface area contributed by atoms with Crippen LogP contribution in [0.3, 0.4) is 0 Å². The number of nitrogens with zero attached hydrogens (tertiary/aromatic N) is 1. The van der Waals surface area contributed by atoms with E-state index in [4.69, 9.17) is 9.88 Å². The van der Waals surface area contributed by atoms with Gasteiger partial charge < -0.3 is 4.74 Å². The fourth-order valence-electron chi connectivity index (χ4n) is 1.08. The molecule has 0 bridgehead atoms. The minimum absolute atomic E-state index is 0.0312. The van der Waals surface area contributed by atoms with Crippen LogP contribution in [0.5, 0.6) is 5.75 Å². The Bertz CT molecular complexity index is 485. The molecule has 0 aliphatic heterocycles. The molecule has 1 heterocycles. The lowest BCUT2D eigenvalue weighted by molar-refractivity contribution is 0.293. The van der Waals surface area contributed by atoms with Crippen molar-refractivity contribution >= 4 is 26.0 Å². The summed E-state index contributed by atoms with van der Waals surface area (Å²) in [5.74, 6) is 0.225. The van der Waals surface area contributed by atoms with Crippen LogP contribution in [-0.2, 0) is 10.0 Å². The van der Waals surface area contributed by atoms with Crippen molar-refractivity contribution < 1.29 is 13.2 Å². The zero-order chi connectivity index (χ0) is 11.1. The van der Waals surface area contributed by atoms with Gasteiger partial charge in [0.2, 0.25) is 10.0 Å². The number of hydrogen-bond acceptors (Lipinski definition) is 4. The molecule has 0 aromatic carbocycles. The molecule has 1 aromatic heterocycles. The Morgan fingerprint density at radius 3 is 2.73 bits per heavy atom. The van der Waals surface area contributed by atoms with Crippen LogP contribution >= 0.6 is 15.9 Å². The van der Waals surface area contributed by atoms with E-state index in [1.165, 1.54) is 12.3 Å². The molecule has 1 saturated carbocycles. The molecule has 0 saturated heterocycles. The molecule has 1 aromatic rings. The predicted molar refractivity (Wildman–Crippen MR) is 57.0 cm³/mol. The normalized spacial score (nSPS) is 16.4. The molecule has 1 aliphatic rings. The van der Waals surface area contributed by atoms with Gasteiger partial charge in [-0.3, -0.25) is 0 Å². The highest BCUT2D eigenvalue weighted by Gasteiger charge is 2.26. The van der Waals surface area contributed by atoms with E-state index in [0.717, 1.165) is 12.8 Å². The molecule has 0 amide bonds. The highest BCUT2D eigenvalue weighted by Crippen LogP contribution is 2.31. The summed E-state index contributed by atoms with van der Waals surface area (Å²) in [6.45, 7) is 0. The van der Waals surface area contributed by atoms with E-state index in [-0.39, 0.29) is 16.7 Å². The van der Waals surface area contributed by atoms with Gasteiger partial charge in [-0.15, -0.1) is 0 Å². The number of hydrogen-bond donors (Lipinski definition) is 1. The third-order valence-electron chi connectivity index (χ3n) is 1.92. The minimum Gasteiger partial charge on any atom is -0.487 e. The second-order valence-corrected chi connectivity index (χ2v) is 5.66. The van der Waals surface area contributed by atoms with Gasteiger partial charge in [0.1, 0.15) is 9.50 Å². The average molecular weight is 293 g/mol. The van der Waals surface area contributed by atoms with Gasteiger partial charge in [0.15, 0.2) is 5.75 Å². The van der Waals surface area contributed by atoms with E-state index in [2.05, 4.69) is 20.9 Å². The number of pyridine rings is 1. The van der Waals surface area contributed by atoms with Gasteiger partial charge in [0.25, 0.3) is 0 Å². The van der Waals surface area contributed by atoms with Crippen molar-refractivity contribution in [1.29, 1.82) is 0 Å². The van der Waals surface area contributed by atoms with Crippen molar-refractivity contribution in [3.05, 3.63) is 16.9 Å². The summed E-state index contributed by atoms with van der Waals surface area (Å²) in [6, 6.07) is 1.34. The summed E-state index contributed by atoms with van der Waals surface area (Å²) in [5.41, 5.74) is 0. The summed E-state index contributed by atoms with van der Waals surface area (Å²) in [6.07, 6.45) is 3.36. The molecule has 2 rings (SSSR count). The summed E-state index contributed by atoms with van der Waals surface area (Å²) < 4.78 is 28.3. The van der Waals surface area contributed by atoms with Crippen LogP contribution in [0.15, 0.2) is 21.8 Å². The molecule has 5 nitrogen and oxygen atoms in total. The van der Waals surface area contributed by atoms with E-state index >= 15 is 0 Å². The minimum atomic E-state index is -3.77. The van der Waals surface area contributed by atoms with Gasteiger partial charge in [-0.2, -0.15) is 0 Å². The lowest BCUT2D eigenvalue weighted by Crippen LogP contribution is -2.14. The first kappa shape index (κ1) is 10.8. The second kappa shape index (κ2) is 3.73. The summed E-state index contributed by atoms with van der Waals surface area (Å²) in [4.78, 5) is 3.87. The molecular formula is C8H9BrN2O3S. The highest BCUT2D eigenvalue weighted by atomic mass is 79.9. The number of halogens is 1. The van der Waals surface area contributed by atoms with Gasteiger partial charge in [0, 0.05) is 0 Å². The Morgan fingerprint density at radius 2 is 2.20 bits per heavy atom. The lowest BCUT2D eigenvalue weighted by Gasteiger charge is -2.08. The molecule has 7 heteroatoms. The molecular weight excluding hydrogens is 284 g/mol. The summed E-state index contributed by atoms with van der Waals surface area (Å²) in [7, 11) is -3.77. The number of sulfonamides is 1. The maximum atomic E-state index is 11.3. The largest absolute Gasteiger partial charge is 0.487 e. The first-order valence-electron chi connectivity index (χ1n) is 4.32. The first-order chi connectivity index (χ1) is 6.97. The van der Waals surface area contributed by atoms with Crippen molar-refractivity contribution in [3.63, 3.8) is 0 Å². The summed E-state index contributed by atoms with van der Waals surface area (Å²) >= 11 is 3.08. The van der Waals surface area contributed by atoms with Gasteiger partial charge in [0.05, 0.1) is 12.3 Å². The monoisotopic (exact) mass is 292 g/mol. The Kier molecular flexibility index (Phi) is 2.70. The average Bonchev–Trinajstić information content (AvgIpc) is 2.90. The number of aromatic nitrogens is 1. The van der Waals surface area contributed by atoms with Crippen LogP contribution in [0.25, 0.3) is 0 Å². The fourth-order valence-corrected chi connectivity index (χ4v) is 2.22. The van der Waals surface area contributed by atoms with Crippen molar-refractivity contribution in [3.8, 4) is 5.75 Å². The van der Waals surface area contributed by atoms with E-state index in [1.807, 2.05) is 0 Å². The van der Waals surface area contributed by atoms with Crippen LogP contribution < -0.4 is 9.88 Å². The van der Waals surface area contributed by atoms with E-state index in [0.29, 0.717) is 4.60 Å². The van der Waals surface area contributed by atoms with Crippen molar-refractivity contribution in [2.24, 2.45) is 5.14 Å².